The molecule has 1 aromatic carbocycles. The molecule has 0 bridgehead atoms. The number of rotatable bonds is 8. The van der Waals surface area contributed by atoms with E-state index in [1.54, 1.807) is 23.3 Å². The molecule has 2 heterocycles. The summed E-state index contributed by atoms with van der Waals surface area (Å²) in [5.41, 5.74) is 3.55. The normalized spacial score (nSPS) is 10.5. The summed E-state index contributed by atoms with van der Waals surface area (Å²) in [6, 6.07) is 11.0. The van der Waals surface area contributed by atoms with Crippen LogP contribution in [0.2, 0.25) is 0 Å². The summed E-state index contributed by atoms with van der Waals surface area (Å²) in [5, 5.41) is 9.84. The predicted molar refractivity (Wildman–Crippen MR) is 109 cm³/mol. The number of carbonyl (C=O) groups excluding carboxylic acids is 1. The Labute approximate surface area is 164 Å². The number of amides is 2. The first-order valence-corrected chi connectivity index (χ1v) is 9.35. The molecule has 7 heteroatoms. The van der Waals surface area contributed by atoms with Crippen molar-refractivity contribution in [1.29, 1.82) is 0 Å². The van der Waals surface area contributed by atoms with Crippen LogP contribution in [0.25, 0.3) is 11.3 Å². The minimum absolute atomic E-state index is 0.273. The molecule has 0 aliphatic carbocycles. The molecule has 0 radical (unpaired) electrons. The second-order valence-corrected chi connectivity index (χ2v) is 6.46. The SMILES string of the molecule is CCCCOc1ccc(NC(=O)NCc2cncc(-c3ccnn3C)c2)cc1. The minimum Gasteiger partial charge on any atom is -0.494 e. The van der Waals surface area contributed by atoms with Crippen molar-refractivity contribution in [3.63, 3.8) is 0 Å². The lowest BCUT2D eigenvalue weighted by atomic mass is 10.1. The highest BCUT2D eigenvalue weighted by Crippen LogP contribution is 2.18. The number of pyridine rings is 1. The Hall–Kier alpha value is -3.35. The summed E-state index contributed by atoms with van der Waals surface area (Å²) >= 11 is 0. The Bertz CT molecular complexity index is 905. The number of hydrogen-bond donors (Lipinski definition) is 2. The summed E-state index contributed by atoms with van der Waals surface area (Å²) < 4.78 is 7.41. The number of hydrogen-bond acceptors (Lipinski definition) is 4. The van der Waals surface area contributed by atoms with Crippen LogP contribution in [0, 0.1) is 0 Å². The monoisotopic (exact) mass is 379 g/mol. The van der Waals surface area contributed by atoms with Crippen LogP contribution in [0.4, 0.5) is 10.5 Å². The molecule has 3 rings (SSSR count). The molecule has 3 aromatic rings. The Balaban J connectivity index is 1.51. The Morgan fingerprint density at radius 3 is 2.71 bits per heavy atom. The maximum Gasteiger partial charge on any atom is 0.319 e. The van der Waals surface area contributed by atoms with E-state index in [0.29, 0.717) is 18.8 Å². The third-order valence-electron chi connectivity index (χ3n) is 4.24. The topological polar surface area (TPSA) is 81.1 Å². The van der Waals surface area contributed by atoms with Gasteiger partial charge >= 0.3 is 6.03 Å². The molecule has 0 saturated heterocycles. The second-order valence-electron chi connectivity index (χ2n) is 6.46. The van der Waals surface area contributed by atoms with Gasteiger partial charge in [-0.2, -0.15) is 5.10 Å². The number of anilines is 1. The molecular weight excluding hydrogens is 354 g/mol. The zero-order valence-electron chi connectivity index (χ0n) is 16.2. The number of nitrogens with zero attached hydrogens (tertiary/aromatic N) is 3. The first kappa shape index (κ1) is 19.4. The van der Waals surface area contributed by atoms with Gasteiger partial charge in [0.05, 0.1) is 12.3 Å². The summed E-state index contributed by atoms with van der Waals surface area (Å²) in [4.78, 5) is 16.4. The molecule has 28 heavy (non-hydrogen) atoms. The number of benzene rings is 1. The van der Waals surface area contributed by atoms with Gasteiger partial charge in [0, 0.05) is 43.4 Å². The van der Waals surface area contributed by atoms with Crippen LogP contribution in [0.3, 0.4) is 0 Å². The molecule has 2 aromatic heterocycles. The van der Waals surface area contributed by atoms with E-state index in [4.69, 9.17) is 4.74 Å². The van der Waals surface area contributed by atoms with Crippen LogP contribution in [-0.2, 0) is 13.6 Å². The molecule has 0 aliphatic rings. The molecule has 0 spiro atoms. The van der Waals surface area contributed by atoms with Gasteiger partial charge in [-0.15, -0.1) is 0 Å². The van der Waals surface area contributed by atoms with Gasteiger partial charge in [0.2, 0.25) is 0 Å². The highest BCUT2D eigenvalue weighted by atomic mass is 16.5. The fourth-order valence-corrected chi connectivity index (χ4v) is 2.71. The van der Waals surface area contributed by atoms with Gasteiger partial charge in [0.25, 0.3) is 0 Å². The lowest BCUT2D eigenvalue weighted by Gasteiger charge is -2.10. The molecule has 0 atom stereocenters. The van der Waals surface area contributed by atoms with E-state index in [9.17, 15) is 4.79 Å². The summed E-state index contributed by atoms with van der Waals surface area (Å²) in [7, 11) is 1.88. The minimum atomic E-state index is -0.273. The van der Waals surface area contributed by atoms with Gasteiger partial charge in [-0.3, -0.25) is 9.67 Å². The number of aromatic nitrogens is 3. The van der Waals surface area contributed by atoms with Crippen molar-refractivity contribution in [3.05, 3.63) is 60.6 Å². The molecule has 0 fully saturated rings. The van der Waals surface area contributed by atoms with Crippen molar-refractivity contribution >= 4 is 11.7 Å². The Morgan fingerprint density at radius 1 is 1.18 bits per heavy atom. The lowest BCUT2D eigenvalue weighted by molar-refractivity contribution is 0.251. The Kier molecular flexibility index (Phi) is 6.62. The highest BCUT2D eigenvalue weighted by molar-refractivity contribution is 5.89. The quantitative estimate of drug-likeness (QED) is 0.580. The molecule has 0 aliphatic heterocycles. The van der Waals surface area contributed by atoms with Gasteiger partial charge in [-0.1, -0.05) is 13.3 Å². The average Bonchev–Trinajstić information content (AvgIpc) is 3.14. The van der Waals surface area contributed by atoms with Crippen molar-refractivity contribution in [3.8, 4) is 17.0 Å². The second kappa shape index (κ2) is 9.55. The van der Waals surface area contributed by atoms with Gasteiger partial charge < -0.3 is 15.4 Å². The summed E-state index contributed by atoms with van der Waals surface area (Å²) in [6.45, 7) is 3.21. The maximum absolute atomic E-state index is 12.2. The van der Waals surface area contributed by atoms with E-state index in [0.717, 1.165) is 35.4 Å². The van der Waals surface area contributed by atoms with E-state index in [2.05, 4.69) is 27.6 Å². The van der Waals surface area contributed by atoms with Crippen molar-refractivity contribution in [2.24, 2.45) is 7.05 Å². The van der Waals surface area contributed by atoms with Gasteiger partial charge in [-0.25, -0.2) is 4.79 Å². The van der Waals surface area contributed by atoms with Crippen LogP contribution in [0.5, 0.6) is 5.75 Å². The highest BCUT2D eigenvalue weighted by Gasteiger charge is 2.06. The van der Waals surface area contributed by atoms with Gasteiger partial charge in [0.15, 0.2) is 0 Å². The first-order valence-electron chi connectivity index (χ1n) is 9.35. The summed E-state index contributed by atoms with van der Waals surface area (Å²) in [6.07, 6.45) is 7.39. The van der Waals surface area contributed by atoms with E-state index >= 15 is 0 Å². The number of carbonyl (C=O) groups is 1. The third kappa shape index (κ3) is 5.33. The number of aryl methyl sites for hydroxylation is 1. The van der Waals surface area contributed by atoms with Crippen LogP contribution in [0.1, 0.15) is 25.3 Å². The molecule has 0 unspecified atom stereocenters. The van der Waals surface area contributed by atoms with E-state index in [1.807, 2.05) is 43.4 Å². The predicted octanol–water partition coefficient (Wildman–Crippen LogP) is 3.98. The molecule has 146 valence electrons. The standard InChI is InChI=1S/C21H25N5O2/c1-3-4-11-28-19-7-5-18(6-8-19)25-21(27)23-14-16-12-17(15-22-13-16)20-9-10-24-26(20)2/h5-10,12-13,15H,3-4,11,14H2,1-2H3,(H2,23,25,27). The fraction of sp³-hybridized carbons (Fsp3) is 0.286. The summed E-state index contributed by atoms with van der Waals surface area (Å²) in [5.74, 6) is 0.803. The van der Waals surface area contributed by atoms with Crippen molar-refractivity contribution < 1.29 is 9.53 Å². The van der Waals surface area contributed by atoms with Crippen LogP contribution in [-0.4, -0.2) is 27.4 Å². The van der Waals surface area contributed by atoms with Gasteiger partial charge in [-0.05, 0) is 48.4 Å². The molecular formula is C21H25N5O2. The van der Waals surface area contributed by atoms with E-state index < -0.39 is 0 Å². The number of nitrogens with one attached hydrogen (secondary N) is 2. The number of urea groups is 1. The van der Waals surface area contributed by atoms with Crippen molar-refractivity contribution in [1.82, 2.24) is 20.1 Å². The molecule has 2 amide bonds. The average molecular weight is 379 g/mol. The van der Waals surface area contributed by atoms with E-state index in [-0.39, 0.29) is 6.03 Å². The zero-order valence-corrected chi connectivity index (χ0v) is 16.2. The molecule has 7 nitrogen and oxygen atoms in total. The van der Waals surface area contributed by atoms with Gasteiger partial charge in [0.1, 0.15) is 5.75 Å². The number of ether oxygens (including phenoxy) is 1. The zero-order chi connectivity index (χ0) is 19.8. The van der Waals surface area contributed by atoms with E-state index in [1.165, 1.54) is 0 Å². The lowest BCUT2D eigenvalue weighted by Crippen LogP contribution is -2.28. The largest absolute Gasteiger partial charge is 0.494 e. The smallest absolute Gasteiger partial charge is 0.319 e. The van der Waals surface area contributed by atoms with Crippen molar-refractivity contribution in [2.75, 3.05) is 11.9 Å². The molecule has 0 saturated carbocycles. The third-order valence-corrected chi connectivity index (χ3v) is 4.24. The fourth-order valence-electron chi connectivity index (χ4n) is 2.71. The van der Waals surface area contributed by atoms with Crippen LogP contribution < -0.4 is 15.4 Å². The van der Waals surface area contributed by atoms with Crippen LogP contribution in [0.15, 0.2) is 55.0 Å². The Morgan fingerprint density at radius 2 is 2.00 bits per heavy atom. The van der Waals surface area contributed by atoms with Crippen molar-refractivity contribution in [2.45, 2.75) is 26.3 Å². The maximum atomic E-state index is 12.2. The number of unbranched alkanes of at least 4 members (excludes halogenated alkanes) is 1. The van der Waals surface area contributed by atoms with Crippen LogP contribution >= 0.6 is 0 Å². The first-order chi connectivity index (χ1) is 13.7. The molecule has 2 N–H and O–H groups in total.